The van der Waals surface area contributed by atoms with Crippen molar-refractivity contribution < 1.29 is 0 Å². The lowest BCUT2D eigenvalue weighted by atomic mass is 9.84. The van der Waals surface area contributed by atoms with Gasteiger partial charge < -0.3 is 9.88 Å². The second kappa shape index (κ2) is 6.03. The van der Waals surface area contributed by atoms with Gasteiger partial charge in [0.25, 0.3) is 0 Å². The first-order chi connectivity index (χ1) is 10.4. The fraction of sp³-hybridized carbons (Fsp3) is 0.556. The summed E-state index contributed by atoms with van der Waals surface area (Å²) in [5.41, 5.74) is 9.85. The SMILES string of the molecule is CN(Cc1cccc2cc[nH]c12)CC1CC(C(C)(C)C)NN1. The van der Waals surface area contributed by atoms with Crippen LogP contribution in [0.25, 0.3) is 10.9 Å². The monoisotopic (exact) mass is 300 g/mol. The van der Waals surface area contributed by atoms with Crippen LogP contribution in [-0.2, 0) is 6.54 Å². The van der Waals surface area contributed by atoms with Gasteiger partial charge >= 0.3 is 0 Å². The van der Waals surface area contributed by atoms with Crippen LogP contribution in [0.5, 0.6) is 0 Å². The summed E-state index contributed by atoms with van der Waals surface area (Å²) in [5, 5.41) is 1.29. The molecule has 4 heteroatoms. The van der Waals surface area contributed by atoms with Crippen LogP contribution in [0, 0.1) is 5.41 Å². The molecule has 2 unspecified atom stereocenters. The van der Waals surface area contributed by atoms with Crippen LogP contribution in [0.15, 0.2) is 30.5 Å². The molecular formula is C18H28N4. The molecule has 2 heterocycles. The molecule has 2 aromatic rings. The van der Waals surface area contributed by atoms with Gasteiger partial charge in [0.1, 0.15) is 0 Å². The topological polar surface area (TPSA) is 43.1 Å². The highest BCUT2D eigenvalue weighted by atomic mass is 15.4. The van der Waals surface area contributed by atoms with Crippen molar-refractivity contribution >= 4 is 10.9 Å². The van der Waals surface area contributed by atoms with E-state index >= 15 is 0 Å². The summed E-state index contributed by atoms with van der Waals surface area (Å²) in [6.07, 6.45) is 3.20. The van der Waals surface area contributed by atoms with Crippen molar-refractivity contribution in [3.05, 3.63) is 36.0 Å². The average Bonchev–Trinajstić information content (AvgIpc) is 3.06. The number of nitrogens with one attached hydrogen (secondary N) is 3. The quantitative estimate of drug-likeness (QED) is 0.813. The molecule has 3 N–H and O–H groups in total. The van der Waals surface area contributed by atoms with Gasteiger partial charge in [-0.2, -0.15) is 0 Å². The number of aromatic amines is 1. The minimum atomic E-state index is 0.302. The van der Waals surface area contributed by atoms with Crippen molar-refractivity contribution in [3.8, 4) is 0 Å². The van der Waals surface area contributed by atoms with E-state index in [2.05, 4.69) is 72.8 Å². The lowest BCUT2D eigenvalue weighted by Gasteiger charge is -2.26. The highest BCUT2D eigenvalue weighted by Crippen LogP contribution is 2.25. The van der Waals surface area contributed by atoms with Gasteiger partial charge in [-0.3, -0.25) is 10.9 Å². The molecule has 2 atom stereocenters. The van der Waals surface area contributed by atoms with Gasteiger partial charge in [0.2, 0.25) is 0 Å². The first-order valence-electron chi connectivity index (χ1n) is 8.18. The van der Waals surface area contributed by atoms with Crippen LogP contribution >= 0.6 is 0 Å². The van der Waals surface area contributed by atoms with E-state index in [-0.39, 0.29) is 0 Å². The zero-order chi connectivity index (χ0) is 15.7. The van der Waals surface area contributed by atoms with Crippen LogP contribution in [-0.4, -0.2) is 35.6 Å². The second-order valence-electron chi connectivity index (χ2n) is 7.70. The minimum absolute atomic E-state index is 0.302. The van der Waals surface area contributed by atoms with Gasteiger partial charge in [-0.1, -0.05) is 39.0 Å². The molecule has 0 spiro atoms. The van der Waals surface area contributed by atoms with E-state index in [4.69, 9.17) is 0 Å². The van der Waals surface area contributed by atoms with E-state index in [9.17, 15) is 0 Å². The Morgan fingerprint density at radius 3 is 2.73 bits per heavy atom. The molecule has 1 aliphatic rings. The number of rotatable bonds is 4. The summed E-state index contributed by atoms with van der Waals surface area (Å²) in [7, 11) is 2.20. The number of H-pyrrole nitrogens is 1. The maximum Gasteiger partial charge on any atom is 0.0499 e. The predicted molar refractivity (Wildman–Crippen MR) is 92.6 cm³/mol. The smallest absolute Gasteiger partial charge is 0.0499 e. The molecule has 0 saturated carbocycles. The van der Waals surface area contributed by atoms with Crippen molar-refractivity contribution in [2.75, 3.05) is 13.6 Å². The standard InChI is InChI=1S/C18H28N4/c1-18(2,3)16-10-15(20-21-16)12-22(4)11-14-7-5-6-13-8-9-19-17(13)14/h5-9,15-16,19-21H,10-12H2,1-4H3. The molecule has 1 aromatic heterocycles. The zero-order valence-electron chi connectivity index (χ0n) is 14.1. The average molecular weight is 300 g/mol. The summed E-state index contributed by atoms with van der Waals surface area (Å²) in [6.45, 7) is 8.91. The van der Waals surface area contributed by atoms with E-state index < -0.39 is 0 Å². The van der Waals surface area contributed by atoms with Crippen LogP contribution in [0.4, 0.5) is 0 Å². The summed E-state index contributed by atoms with van der Waals surface area (Å²) in [6, 6.07) is 9.70. The number of fused-ring (bicyclic) bond motifs is 1. The van der Waals surface area contributed by atoms with Gasteiger partial charge in [0.15, 0.2) is 0 Å². The summed E-state index contributed by atoms with van der Waals surface area (Å²) in [4.78, 5) is 5.76. The van der Waals surface area contributed by atoms with Crippen LogP contribution in [0.2, 0.25) is 0 Å². The molecule has 0 amide bonds. The minimum Gasteiger partial charge on any atom is -0.361 e. The zero-order valence-corrected chi connectivity index (χ0v) is 14.1. The van der Waals surface area contributed by atoms with E-state index in [0.717, 1.165) is 13.1 Å². The molecule has 1 aliphatic heterocycles. The number of hydrogen-bond acceptors (Lipinski definition) is 3. The Balaban J connectivity index is 1.59. The number of hydrogen-bond donors (Lipinski definition) is 3. The largest absolute Gasteiger partial charge is 0.361 e. The van der Waals surface area contributed by atoms with Gasteiger partial charge in [-0.05, 0) is 35.9 Å². The summed E-state index contributed by atoms with van der Waals surface area (Å²) in [5.74, 6) is 0. The summed E-state index contributed by atoms with van der Waals surface area (Å²) >= 11 is 0. The van der Waals surface area contributed by atoms with Crippen LogP contribution < -0.4 is 10.9 Å². The van der Waals surface area contributed by atoms with E-state index in [1.807, 2.05) is 6.20 Å². The maximum absolute atomic E-state index is 3.46. The maximum atomic E-state index is 3.46. The number of likely N-dealkylation sites (N-methyl/N-ethyl adjacent to an activating group) is 1. The Kier molecular flexibility index (Phi) is 4.26. The molecule has 22 heavy (non-hydrogen) atoms. The Morgan fingerprint density at radius 2 is 2.00 bits per heavy atom. The normalized spacial score (nSPS) is 22.8. The predicted octanol–water partition coefficient (Wildman–Crippen LogP) is 2.88. The molecular weight excluding hydrogens is 272 g/mol. The van der Waals surface area contributed by atoms with E-state index in [1.54, 1.807) is 0 Å². The van der Waals surface area contributed by atoms with Gasteiger partial charge in [-0.25, -0.2) is 0 Å². The Hall–Kier alpha value is -1.36. The molecule has 4 nitrogen and oxygen atoms in total. The lowest BCUT2D eigenvalue weighted by Crippen LogP contribution is -2.41. The van der Waals surface area contributed by atoms with Crippen LogP contribution in [0.1, 0.15) is 32.8 Å². The van der Waals surface area contributed by atoms with Gasteiger partial charge in [-0.15, -0.1) is 0 Å². The Labute approximate surface area is 133 Å². The van der Waals surface area contributed by atoms with Crippen molar-refractivity contribution in [2.45, 2.75) is 45.8 Å². The Bertz CT molecular complexity index is 625. The third-order valence-corrected chi connectivity index (χ3v) is 4.67. The number of benzene rings is 1. The van der Waals surface area contributed by atoms with E-state index in [1.165, 1.54) is 22.9 Å². The highest BCUT2D eigenvalue weighted by molar-refractivity contribution is 5.82. The first kappa shape index (κ1) is 15.5. The molecule has 3 rings (SSSR count). The molecule has 1 fully saturated rings. The molecule has 0 aliphatic carbocycles. The van der Waals surface area contributed by atoms with Crippen molar-refractivity contribution in [1.82, 2.24) is 20.7 Å². The van der Waals surface area contributed by atoms with Crippen molar-refractivity contribution in [2.24, 2.45) is 5.41 Å². The molecule has 1 aromatic carbocycles. The van der Waals surface area contributed by atoms with Crippen molar-refractivity contribution in [3.63, 3.8) is 0 Å². The van der Waals surface area contributed by atoms with Crippen molar-refractivity contribution in [1.29, 1.82) is 0 Å². The van der Waals surface area contributed by atoms with E-state index in [0.29, 0.717) is 17.5 Å². The van der Waals surface area contributed by atoms with Gasteiger partial charge in [0.05, 0.1) is 0 Å². The second-order valence-corrected chi connectivity index (χ2v) is 7.70. The number of para-hydroxylation sites is 1. The molecule has 0 bridgehead atoms. The third kappa shape index (κ3) is 3.35. The fourth-order valence-electron chi connectivity index (χ4n) is 3.32. The molecule has 0 radical (unpaired) electrons. The molecule has 1 saturated heterocycles. The van der Waals surface area contributed by atoms with Gasteiger partial charge in [0, 0.05) is 36.9 Å². The fourth-order valence-corrected chi connectivity index (χ4v) is 3.32. The summed E-state index contributed by atoms with van der Waals surface area (Å²) < 4.78 is 0. The Morgan fingerprint density at radius 1 is 1.18 bits per heavy atom. The number of aromatic nitrogens is 1. The lowest BCUT2D eigenvalue weighted by molar-refractivity contribution is 0.278. The molecule has 120 valence electrons. The highest BCUT2D eigenvalue weighted by Gasteiger charge is 2.32. The number of hydrazine groups is 1. The number of nitrogens with zero attached hydrogens (tertiary/aromatic N) is 1. The first-order valence-corrected chi connectivity index (χ1v) is 8.18. The third-order valence-electron chi connectivity index (χ3n) is 4.67. The van der Waals surface area contributed by atoms with Crippen LogP contribution in [0.3, 0.4) is 0 Å².